The molecule has 10 heteroatoms. The molecular formula is C17H19Br2F2N3O2S. The van der Waals surface area contributed by atoms with Crippen molar-refractivity contribution in [1.82, 2.24) is 9.78 Å². The number of sulfonamides is 1. The van der Waals surface area contributed by atoms with Gasteiger partial charge in [-0.05, 0) is 44.4 Å². The molecule has 3 unspecified atom stereocenters. The summed E-state index contributed by atoms with van der Waals surface area (Å²) in [5.41, 5.74) is 0.363. The van der Waals surface area contributed by atoms with E-state index in [4.69, 9.17) is 5.14 Å². The molecule has 0 radical (unpaired) electrons. The molecule has 3 atom stereocenters. The molecule has 0 aliphatic heterocycles. The van der Waals surface area contributed by atoms with Crippen LogP contribution in [0.15, 0.2) is 35.2 Å². The summed E-state index contributed by atoms with van der Waals surface area (Å²) in [6.07, 6.45) is -0.459. The van der Waals surface area contributed by atoms with E-state index in [1.54, 1.807) is 6.07 Å². The first-order valence-electron chi connectivity index (χ1n) is 8.34. The minimum absolute atomic E-state index is 0.0477. The largest absolute Gasteiger partial charge is 0.282 e. The maximum absolute atomic E-state index is 13.3. The van der Waals surface area contributed by atoms with Gasteiger partial charge in [0.1, 0.15) is 10.6 Å². The smallest absolute Gasteiger partial charge is 0.236 e. The van der Waals surface area contributed by atoms with E-state index in [1.807, 2.05) is 0 Å². The van der Waals surface area contributed by atoms with E-state index >= 15 is 0 Å². The summed E-state index contributed by atoms with van der Waals surface area (Å²) in [6, 6.07) is 7.40. The second-order valence-electron chi connectivity index (χ2n) is 6.94. The van der Waals surface area contributed by atoms with Crippen LogP contribution in [0.1, 0.15) is 49.9 Å². The fourth-order valence-corrected chi connectivity index (χ4v) is 5.18. The molecule has 3 rings (SSSR count). The molecular weight excluding hydrogens is 508 g/mol. The lowest BCUT2D eigenvalue weighted by molar-refractivity contribution is 0.145. The first-order chi connectivity index (χ1) is 12.5. The van der Waals surface area contributed by atoms with Gasteiger partial charge in [-0.1, -0.05) is 44.0 Å². The molecule has 1 saturated carbocycles. The van der Waals surface area contributed by atoms with Crippen molar-refractivity contribution < 1.29 is 17.2 Å². The normalized spacial score (nSPS) is 26.5. The zero-order chi connectivity index (χ0) is 20.0. The molecule has 0 bridgehead atoms. The lowest BCUT2D eigenvalue weighted by Crippen LogP contribution is -2.35. The van der Waals surface area contributed by atoms with E-state index in [0.29, 0.717) is 12.1 Å². The van der Waals surface area contributed by atoms with Crippen LogP contribution in [-0.4, -0.2) is 27.3 Å². The highest BCUT2D eigenvalue weighted by Gasteiger charge is 2.38. The Bertz CT molecular complexity index is 947. The van der Waals surface area contributed by atoms with Crippen LogP contribution in [-0.2, 0) is 10.0 Å². The van der Waals surface area contributed by atoms with Crippen molar-refractivity contribution in [2.75, 3.05) is 0 Å². The van der Waals surface area contributed by atoms with Crippen LogP contribution in [0.4, 0.5) is 8.78 Å². The van der Waals surface area contributed by atoms with Crippen LogP contribution in [0, 0.1) is 0 Å². The van der Waals surface area contributed by atoms with Crippen molar-refractivity contribution in [1.29, 1.82) is 0 Å². The van der Waals surface area contributed by atoms with E-state index < -0.39 is 16.4 Å². The molecule has 0 amide bonds. The first kappa shape index (κ1) is 20.9. The summed E-state index contributed by atoms with van der Waals surface area (Å²) in [6.45, 7) is 2.08. The number of nitrogens with two attached hydrogens (primary N) is 1. The molecule has 1 heterocycles. The quantitative estimate of drug-likeness (QED) is 0.589. The number of alkyl halides is 4. The molecule has 2 N–H and O–H groups in total. The second-order valence-corrected chi connectivity index (χ2v) is 11.4. The van der Waals surface area contributed by atoms with E-state index in [-0.39, 0.29) is 31.3 Å². The molecule has 2 aromatic rings. The van der Waals surface area contributed by atoms with E-state index in [9.17, 15) is 17.2 Å². The number of primary sulfonamides is 1. The Hall–Kier alpha value is -0.840. The lowest BCUT2D eigenvalue weighted by atomic mass is 9.81. The van der Waals surface area contributed by atoms with Gasteiger partial charge in [0.2, 0.25) is 10.0 Å². The number of aromatic nitrogens is 2. The maximum Gasteiger partial charge on any atom is 0.282 e. The average Bonchev–Trinajstić information content (AvgIpc) is 3.02. The molecule has 0 saturated heterocycles. The SMILES string of the molecule is CC1(Br)CCC(c2cc(C(F)F)nn2-c2ccccc2S(N)(=O)=O)CC1Br. The van der Waals surface area contributed by atoms with Gasteiger partial charge in [-0.2, -0.15) is 5.10 Å². The third-order valence-corrected chi connectivity index (χ3v) is 8.83. The highest BCUT2D eigenvalue weighted by atomic mass is 79.9. The molecule has 1 aromatic heterocycles. The molecule has 1 fully saturated rings. The topological polar surface area (TPSA) is 78.0 Å². The Labute approximate surface area is 173 Å². The summed E-state index contributed by atoms with van der Waals surface area (Å²) in [5.74, 6) is -0.0477. The molecule has 0 spiro atoms. The maximum atomic E-state index is 13.3. The van der Waals surface area contributed by atoms with Gasteiger partial charge in [0.05, 0.1) is 5.69 Å². The zero-order valence-corrected chi connectivity index (χ0v) is 18.4. The van der Waals surface area contributed by atoms with Crippen molar-refractivity contribution in [3.63, 3.8) is 0 Å². The number of para-hydroxylation sites is 1. The van der Waals surface area contributed by atoms with E-state index in [1.165, 1.54) is 28.9 Å². The third-order valence-electron chi connectivity index (χ3n) is 4.92. The Morgan fingerprint density at radius 1 is 1.37 bits per heavy atom. The van der Waals surface area contributed by atoms with Crippen LogP contribution in [0.2, 0.25) is 0 Å². The molecule has 5 nitrogen and oxygen atoms in total. The Balaban J connectivity index is 2.13. The summed E-state index contributed by atoms with van der Waals surface area (Å²) in [5, 5.41) is 9.33. The van der Waals surface area contributed by atoms with Crippen LogP contribution >= 0.6 is 31.9 Å². The fraction of sp³-hybridized carbons (Fsp3) is 0.471. The summed E-state index contributed by atoms with van der Waals surface area (Å²) in [7, 11) is -4.03. The number of nitrogens with zero attached hydrogens (tertiary/aromatic N) is 2. The van der Waals surface area contributed by atoms with Crippen molar-refractivity contribution >= 4 is 41.9 Å². The van der Waals surface area contributed by atoms with Crippen molar-refractivity contribution in [3.8, 4) is 5.69 Å². The van der Waals surface area contributed by atoms with E-state index in [2.05, 4.69) is 43.9 Å². The number of hydrogen-bond donors (Lipinski definition) is 1. The van der Waals surface area contributed by atoms with Gasteiger partial charge in [-0.25, -0.2) is 27.0 Å². The standard InChI is InChI=1S/C17H19Br2F2N3O2S/c1-17(19)7-6-10(8-15(17)18)13-9-11(16(20)21)23-24(13)12-4-2-3-5-14(12)27(22,25)26/h2-5,9-10,15-16H,6-8H2,1H3,(H2,22,25,26). The van der Waals surface area contributed by atoms with E-state index in [0.717, 1.165) is 12.8 Å². The molecule has 1 aliphatic rings. The Morgan fingerprint density at radius 3 is 2.63 bits per heavy atom. The summed E-state index contributed by atoms with van der Waals surface area (Å²) >= 11 is 7.37. The number of halogens is 4. The van der Waals surface area contributed by atoms with Crippen molar-refractivity contribution in [2.24, 2.45) is 5.14 Å². The van der Waals surface area contributed by atoms with Crippen LogP contribution < -0.4 is 5.14 Å². The van der Waals surface area contributed by atoms with Gasteiger partial charge < -0.3 is 0 Å². The van der Waals surface area contributed by atoms with Gasteiger partial charge in [-0.15, -0.1) is 0 Å². The van der Waals surface area contributed by atoms with Crippen LogP contribution in [0.3, 0.4) is 0 Å². The van der Waals surface area contributed by atoms with Gasteiger partial charge >= 0.3 is 0 Å². The van der Waals surface area contributed by atoms with Gasteiger partial charge in [0.25, 0.3) is 6.43 Å². The highest BCUT2D eigenvalue weighted by molar-refractivity contribution is 9.12. The van der Waals surface area contributed by atoms with Crippen molar-refractivity contribution in [3.05, 3.63) is 41.7 Å². The predicted octanol–water partition coefficient (Wildman–Crippen LogP) is 4.64. The summed E-state index contributed by atoms with van der Waals surface area (Å²) < 4.78 is 51.8. The average molecular weight is 527 g/mol. The summed E-state index contributed by atoms with van der Waals surface area (Å²) in [4.78, 5) is -0.0118. The molecule has 148 valence electrons. The first-order valence-corrected chi connectivity index (χ1v) is 11.6. The minimum Gasteiger partial charge on any atom is -0.236 e. The van der Waals surface area contributed by atoms with Gasteiger partial charge in [0, 0.05) is 20.8 Å². The molecule has 27 heavy (non-hydrogen) atoms. The number of rotatable bonds is 4. The zero-order valence-electron chi connectivity index (χ0n) is 14.4. The van der Waals surface area contributed by atoms with Gasteiger partial charge in [0.15, 0.2) is 0 Å². The Morgan fingerprint density at radius 2 is 2.04 bits per heavy atom. The fourth-order valence-electron chi connectivity index (χ4n) is 3.37. The minimum atomic E-state index is -4.03. The second kappa shape index (κ2) is 7.53. The molecule has 1 aromatic carbocycles. The monoisotopic (exact) mass is 525 g/mol. The molecule has 1 aliphatic carbocycles. The highest BCUT2D eigenvalue weighted by Crippen LogP contribution is 2.46. The Kier molecular flexibility index (Phi) is 5.82. The van der Waals surface area contributed by atoms with Gasteiger partial charge in [-0.3, -0.25) is 0 Å². The lowest BCUT2D eigenvalue weighted by Gasteiger charge is -2.37. The third kappa shape index (κ3) is 4.28. The van der Waals surface area contributed by atoms with Crippen molar-refractivity contribution in [2.45, 2.75) is 52.6 Å². The predicted molar refractivity (Wildman–Crippen MR) is 107 cm³/mol. The van der Waals surface area contributed by atoms with Crippen LogP contribution in [0.5, 0.6) is 0 Å². The number of hydrogen-bond acceptors (Lipinski definition) is 3. The number of benzene rings is 1. The van der Waals surface area contributed by atoms with Crippen LogP contribution in [0.25, 0.3) is 5.69 Å².